The number of imide groups is 1. The molecule has 2 heterocycles. The molecule has 0 bridgehead atoms. The number of rotatable bonds is 5. The maximum Gasteiger partial charge on any atom is 0.329 e. The highest BCUT2D eigenvalue weighted by molar-refractivity contribution is 6.15. The van der Waals surface area contributed by atoms with Crippen LogP contribution in [-0.2, 0) is 9.59 Å². The third-order valence-electron chi connectivity index (χ3n) is 4.98. The average Bonchev–Trinajstić information content (AvgIpc) is 3.24. The minimum atomic E-state index is -0.616. The Bertz CT molecular complexity index is 1180. The van der Waals surface area contributed by atoms with Crippen molar-refractivity contribution >= 4 is 29.6 Å². The van der Waals surface area contributed by atoms with Crippen molar-refractivity contribution in [2.75, 3.05) is 11.9 Å². The third-order valence-corrected chi connectivity index (χ3v) is 4.98. The number of hydrogen-bond acceptors (Lipinski definition) is 3. The number of amides is 4. The van der Waals surface area contributed by atoms with Gasteiger partial charge < -0.3 is 15.2 Å². The summed E-state index contributed by atoms with van der Waals surface area (Å²) in [5.74, 6) is -0.978. The molecule has 0 saturated carbocycles. The second-order valence-electron chi connectivity index (χ2n) is 7.41. The van der Waals surface area contributed by atoms with Gasteiger partial charge in [-0.3, -0.25) is 9.59 Å². The molecule has 7 nitrogen and oxygen atoms in total. The molecule has 4 amide bonds. The van der Waals surface area contributed by atoms with Crippen molar-refractivity contribution in [2.45, 2.75) is 13.8 Å². The molecule has 1 saturated heterocycles. The molecular formula is C24H22N4O3. The molecule has 4 rings (SSSR count). The molecule has 0 unspecified atom stereocenters. The lowest BCUT2D eigenvalue weighted by molar-refractivity contribution is -0.127. The molecule has 1 aliphatic rings. The molecule has 1 aromatic heterocycles. The van der Waals surface area contributed by atoms with Gasteiger partial charge in [-0.25, -0.2) is 9.69 Å². The Hall–Kier alpha value is -4.13. The quantitative estimate of drug-likeness (QED) is 0.494. The molecule has 7 heteroatoms. The Kier molecular flexibility index (Phi) is 5.41. The van der Waals surface area contributed by atoms with E-state index in [9.17, 15) is 14.4 Å². The lowest BCUT2D eigenvalue weighted by atomic mass is 10.2. The number of hydrogen-bond donors (Lipinski definition) is 2. The fraction of sp³-hybridized carbons (Fsp3) is 0.125. The van der Waals surface area contributed by atoms with E-state index in [2.05, 4.69) is 10.6 Å². The van der Waals surface area contributed by atoms with Crippen LogP contribution in [-0.4, -0.2) is 33.9 Å². The maximum absolute atomic E-state index is 12.7. The fourth-order valence-electron chi connectivity index (χ4n) is 3.41. The Balaban J connectivity index is 1.47. The first kappa shape index (κ1) is 20.2. The number of carbonyl (C=O) groups is 3. The summed E-state index contributed by atoms with van der Waals surface area (Å²) in [4.78, 5) is 38.2. The van der Waals surface area contributed by atoms with Gasteiger partial charge in [0, 0.05) is 23.3 Å². The van der Waals surface area contributed by atoms with Crippen molar-refractivity contribution in [3.63, 3.8) is 0 Å². The smallest absolute Gasteiger partial charge is 0.325 e. The van der Waals surface area contributed by atoms with E-state index in [0.29, 0.717) is 5.69 Å². The lowest BCUT2D eigenvalue weighted by Crippen LogP contribution is -2.38. The third kappa shape index (κ3) is 4.40. The van der Waals surface area contributed by atoms with Crippen LogP contribution in [0, 0.1) is 13.8 Å². The number of anilines is 1. The summed E-state index contributed by atoms with van der Waals surface area (Å²) in [6, 6.07) is 18.4. The highest BCUT2D eigenvalue weighted by atomic mass is 16.2. The standard InChI is InChI=1S/C24H22N4O3/c1-16-8-10-19(11-9-16)25-22(29)15-28-23(30)21(26-24(28)31)13-18-12-17(2)27(14-18)20-6-4-3-5-7-20/h3-14H,15H2,1-2H3,(H,25,29)(H,26,31)/b21-13+. The van der Waals surface area contributed by atoms with Crippen LogP contribution in [0.1, 0.15) is 16.8 Å². The normalized spacial score (nSPS) is 14.8. The van der Waals surface area contributed by atoms with Gasteiger partial charge in [-0.15, -0.1) is 0 Å². The van der Waals surface area contributed by atoms with Crippen LogP contribution in [0.2, 0.25) is 0 Å². The molecule has 1 aliphatic heterocycles. The Morgan fingerprint density at radius 1 is 1.03 bits per heavy atom. The van der Waals surface area contributed by atoms with Crippen LogP contribution in [0.4, 0.5) is 10.5 Å². The van der Waals surface area contributed by atoms with Crippen molar-refractivity contribution in [1.82, 2.24) is 14.8 Å². The topological polar surface area (TPSA) is 83.4 Å². The number of benzene rings is 2. The molecule has 0 aliphatic carbocycles. The molecule has 156 valence electrons. The molecule has 3 aromatic rings. The van der Waals surface area contributed by atoms with E-state index >= 15 is 0 Å². The van der Waals surface area contributed by atoms with E-state index in [1.807, 2.05) is 73.1 Å². The van der Waals surface area contributed by atoms with Crippen LogP contribution in [0.25, 0.3) is 11.8 Å². The number of para-hydroxylation sites is 1. The molecule has 0 atom stereocenters. The molecule has 0 spiro atoms. The van der Waals surface area contributed by atoms with Gasteiger partial charge in [0.15, 0.2) is 0 Å². The van der Waals surface area contributed by atoms with Gasteiger partial charge in [-0.05, 0) is 55.8 Å². The Labute approximate surface area is 180 Å². The maximum atomic E-state index is 12.7. The van der Waals surface area contributed by atoms with Crippen molar-refractivity contribution < 1.29 is 14.4 Å². The Morgan fingerprint density at radius 2 is 1.74 bits per heavy atom. The summed E-state index contributed by atoms with van der Waals surface area (Å²) in [6.07, 6.45) is 3.51. The average molecular weight is 414 g/mol. The number of nitrogens with zero attached hydrogens (tertiary/aromatic N) is 2. The molecule has 2 N–H and O–H groups in total. The fourth-order valence-corrected chi connectivity index (χ4v) is 3.41. The van der Waals surface area contributed by atoms with Gasteiger partial charge in [-0.1, -0.05) is 35.9 Å². The summed E-state index contributed by atoms with van der Waals surface area (Å²) in [6.45, 7) is 3.55. The monoisotopic (exact) mass is 414 g/mol. The number of nitrogens with one attached hydrogen (secondary N) is 2. The van der Waals surface area contributed by atoms with E-state index in [1.54, 1.807) is 18.2 Å². The van der Waals surface area contributed by atoms with E-state index in [1.165, 1.54) is 0 Å². The highest BCUT2D eigenvalue weighted by Gasteiger charge is 2.35. The second kappa shape index (κ2) is 8.31. The van der Waals surface area contributed by atoms with Crippen LogP contribution in [0.3, 0.4) is 0 Å². The first-order chi connectivity index (χ1) is 14.9. The number of aryl methyl sites for hydroxylation is 2. The first-order valence-corrected chi connectivity index (χ1v) is 9.86. The van der Waals surface area contributed by atoms with Gasteiger partial charge in [0.2, 0.25) is 5.91 Å². The summed E-state index contributed by atoms with van der Waals surface area (Å²) in [7, 11) is 0. The SMILES string of the molecule is Cc1ccc(NC(=O)CN2C(=O)N/C(=C/c3cc(C)n(-c4ccccc4)c3)C2=O)cc1. The first-order valence-electron chi connectivity index (χ1n) is 9.86. The summed E-state index contributed by atoms with van der Waals surface area (Å²) < 4.78 is 2.00. The van der Waals surface area contributed by atoms with Gasteiger partial charge in [-0.2, -0.15) is 0 Å². The van der Waals surface area contributed by atoms with Gasteiger partial charge in [0.1, 0.15) is 12.2 Å². The Morgan fingerprint density at radius 3 is 2.45 bits per heavy atom. The van der Waals surface area contributed by atoms with E-state index in [4.69, 9.17) is 0 Å². The number of urea groups is 1. The van der Waals surface area contributed by atoms with Crippen molar-refractivity contribution in [3.8, 4) is 5.69 Å². The van der Waals surface area contributed by atoms with Crippen LogP contribution < -0.4 is 10.6 Å². The zero-order valence-corrected chi connectivity index (χ0v) is 17.3. The van der Waals surface area contributed by atoms with Crippen LogP contribution in [0.5, 0.6) is 0 Å². The predicted octanol–water partition coefficient (Wildman–Crippen LogP) is 3.63. The minimum Gasteiger partial charge on any atom is -0.325 e. The predicted molar refractivity (Wildman–Crippen MR) is 119 cm³/mol. The summed E-state index contributed by atoms with van der Waals surface area (Å²) in [5.41, 5.74) is 4.58. The molecule has 0 radical (unpaired) electrons. The van der Waals surface area contributed by atoms with Gasteiger partial charge in [0.05, 0.1) is 0 Å². The summed E-state index contributed by atoms with van der Waals surface area (Å²) in [5, 5.41) is 5.25. The number of carbonyl (C=O) groups excluding carboxylic acids is 3. The van der Waals surface area contributed by atoms with E-state index < -0.39 is 17.8 Å². The molecular weight excluding hydrogens is 392 g/mol. The van der Waals surface area contributed by atoms with E-state index in [-0.39, 0.29) is 12.2 Å². The summed E-state index contributed by atoms with van der Waals surface area (Å²) >= 11 is 0. The van der Waals surface area contributed by atoms with Crippen molar-refractivity contribution in [3.05, 3.63) is 89.4 Å². The van der Waals surface area contributed by atoms with Crippen LogP contribution >= 0.6 is 0 Å². The largest absolute Gasteiger partial charge is 0.329 e. The van der Waals surface area contributed by atoms with Gasteiger partial charge >= 0.3 is 6.03 Å². The van der Waals surface area contributed by atoms with Crippen molar-refractivity contribution in [2.24, 2.45) is 0 Å². The zero-order chi connectivity index (χ0) is 22.0. The second-order valence-corrected chi connectivity index (χ2v) is 7.41. The molecule has 1 fully saturated rings. The van der Waals surface area contributed by atoms with E-state index in [0.717, 1.165) is 27.4 Å². The lowest BCUT2D eigenvalue weighted by Gasteiger charge is -2.12. The van der Waals surface area contributed by atoms with Gasteiger partial charge in [0.25, 0.3) is 5.91 Å². The zero-order valence-electron chi connectivity index (χ0n) is 17.3. The highest BCUT2D eigenvalue weighted by Crippen LogP contribution is 2.19. The number of aromatic nitrogens is 1. The molecule has 31 heavy (non-hydrogen) atoms. The van der Waals surface area contributed by atoms with Crippen molar-refractivity contribution in [1.29, 1.82) is 0 Å². The minimum absolute atomic E-state index is 0.137. The molecule has 2 aromatic carbocycles. The van der Waals surface area contributed by atoms with Crippen LogP contribution in [0.15, 0.2) is 72.6 Å².